The lowest BCUT2D eigenvalue weighted by atomic mass is 9.87. The van der Waals surface area contributed by atoms with Crippen molar-refractivity contribution in [1.29, 1.82) is 0 Å². The van der Waals surface area contributed by atoms with Gasteiger partial charge < -0.3 is 19.4 Å². The van der Waals surface area contributed by atoms with Crippen molar-refractivity contribution in [3.8, 4) is 11.3 Å². The summed E-state index contributed by atoms with van der Waals surface area (Å²) in [6, 6.07) is 6.77. The number of nitrogens with one attached hydrogen (secondary N) is 1. The monoisotopic (exact) mass is 522 g/mol. The molecule has 4 heterocycles. The van der Waals surface area contributed by atoms with Gasteiger partial charge in [-0.2, -0.15) is 0 Å². The van der Waals surface area contributed by atoms with E-state index in [0.29, 0.717) is 30.1 Å². The molecule has 3 aromatic rings. The Kier molecular flexibility index (Phi) is 7.25. The fraction of sp³-hybridized carbons (Fsp3) is 0.533. The lowest BCUT2D eigenvalue weighted by Gasteiger charge is -2.33. The zero-order valence-corrected chi connectivity index (χ0v) is 23.5. The number of likely N-dealkylation sites (tertiary alicyclic amines) is 2. The van der Waals surface area contributed by atoms with Crippen molar-refractivity contribution >= 4 is 28.4 Å². The molecule has 2 aliphatic rings. The Labute approximate surface area is 224 Å². The maximum Gasteiger partial charge on any atom is 0.269 e. The molecule has 5 rings (SSSR count). The molecule has 7 heteroatoms. The van der Waals surface area contributed by atoms with E-state index in [2.05, 4.69) is 53.9 Å². The molecule has 2 saturated heterocycles. The van der Waals surface area contributed by atoms with Crippen LogP contribution in [0, 0.1) is 12.8 Å². The highest BCUT2D eigenvalue weighted by molar-refractivity contribution is 6.31. The molecule has 1 N–H and O–H groups in total. The summed E-state index contributed by atoms with van der Waals surface area (Å²) in [4.78, 5) is 33.3. The molecule has 37 heavy (non-hydrogen) atoms. The van der Waals surface area contributed by atoms with Gasteiger partial charge in [0, 0.05) is 55.8 Å². The van der Waals surface area contributed by atoms with E-state index in [-0.39, 0.29) is 10.6 Å². The number of fused-ring (bicyclic) bond motifs is 1. The number of carbonyl (C=O) groups is 1. The summed E-state index contributed by atoms with van der Waals surface area (Å²) in [6.45, 7) is 10.2. The highest BCUT2D eigenvalue weighted by atomic mass is 35.5. The number of rotatable bonds is 5. The topological polar surface area (TPSA) is 61.3 Å². The smallest absolute Gasteiger partial charge is 0.269 e. The van der Waals surface area contributed by atoms with Gasteiger partial charge in [-0.3, -0.25) is 9.59 Å². The number of carbonyl (C=O) groups excluding carboxylic acids is 1. The number of piperidine rings is 1. The van der Waals surface area contributed by atoms with Crippen LogP contribution >= 0.6 is 11.6 Å². The first-order valence-corrected chi connectivity index (χ1v) is 14.0. The average Bonchev–Trinajstić information content (AvgIpc) is 3.47. The molecular formula is C30H39ClN4O2. The number of pyridine rings is 1. The summed E-state index contributed by atoms with van der Waals surface area (Å²) < 4.78 is 1.56. The van der Waals surface area contributed by atoms with E-state index in [1.165, 1.54) is 16.5 Å². The maximum absolute atomic E-state index is 12.9. The molecule has 0 radical (unpaired) electrons. The molecule has 0 aliphatic carbocycles. The highest BCUT2D eigenvalue weighted by Gasteiger charge is 2.28. The van der Waals surface area contributed by atoms with E-state index < -0.39 is 0 Å². The van der Waals surface area contributed by atoms with Gasteiger partial charge in [0.1, 0.15) is 5.02 Å². The van der Waals surface area contributed by atoms with E-state index in [9.17, 15) is 9.59 Å². The number of hydrogen-bond donors (Lipinski definition) is 1. The molecule has 2 aromatic heterocycles. The first kappa shape index (κ1) is 26.1. The van der Waals surface area contributed by atoms with E-state index in [4.69, 9.17) is 11.6 Å². The minimum Gasteiger partial charge on any atom is -0.354 e. The van der Waals surface area contributed by atoms with Gasteiger partial charge in [-0.25, -0.2) is 0 Å². The summed E-state index contributed by atoms with van der Waals surface area (Å²) in [6.07, 6.45) is 5.73. The van der Waals surface area contributed by atoms with Crippen LogP contribution in [0.1, 0.15) is 68.1 Å². The fourth-order valence-electron chi connectivity index (χ4n) is 6.36. The lowest BCUT2D eigenvalue weighted by molar-refractivity contribution is -0.133. The van der Waals surface area contributed by atoms with E-state index >= 15 is 0 Å². The van der Waals surface area contributed by atoms with Crippen LogP contribution < -0.4 is 5.56 Å². The zero-order chi connectivity index (χ0) is 26.4. The van der Waals surface area contributed by atoms with Crippen LogP contribution in [-0.2, 0) is 11.8 Å². The van der Waals surface area contributed by atoms with E-state index in [1.54, 1.807) is 11.6 Å². The van der Waals surface area contributed by atoms with Crippen molar-refractivity contribution in [3.63, 3.8) is 0 Å². The Hall–Kier alpha value is -2.57. The van der Waals surface area contributed by atoms with Crippen molar-refractivity contribution in [2.75, 3.05) is 33.2 Å². The Morgan fingerprint density at radius 1 is 1.14 bits per heavy atom. The first-order valence-electron chi connectivity index (χ1n) is 13.6. The number of halogens is 1. The van der Waals surface area contributed by atoms with Crippen LogP contribution in [0.2, 0.25) is 5.02 Å². The number of aryl methyl sites for hydroxylation is 1. The SMILES string of the molecule is Cc1c(-c2[nH]c3ccc(C4CCN(C(=O)C[C@H]5CCN(C)C5)CC4)cc3c2C(C)C)cn(C)c(=O)c1Cl. The number of amides is 1. The van der Waals surface area contributed by atoms with Gasteiger partial charge in [0.2, 0.25) is 5.91 Å². The normalized spacial score (nSPS) is 19.4. The molecule has 2 aliphatic heterocycles. The van der Waals surface area contributed by atoms with Crippen molar-refractivity contribution < 1.29 is 4.79 Å². The minimum absolute atomic E-state index is 0.173. The van der Waals surface area contributed by atoms with Crippen LogP contribution in [0.15, 0.2) is 29.2 Å². The maximum atomic E-state index is 12.9. The number of nitrogens with zero attached hydrogens (tertiary/aromatic N) is 3. The quantitative estimate of drug-likeness (QED) is 0.470. The Bertz CT molecular complexity index is 1380. The third-order valence-electron chi connectivity index (χ3n) is 8.54. The number of aromatic nitrogens is 2. The van der Waals surface area contributed by atoms with Gasteiger partial charge in [0.25, 0.3) is 5.56 Å². The molecule has 1 aromatic carbocycles. The molecule has 1 atom stereocenters. The fourth-order valence-corrected chi connectivity index (χ4v) is 6.60. The summed E-state index contributed by atoms with van der Waals surface area (Å²) in [5.41, 5.74) is 6.33. The second-order valence-electron chi connectivity index (χ2n) is 11.5. The predicted octanol–water partition coefficient (Wildman–Crippen LogP) is 5.67. The summed E-state index contributed by atoms with van der Waals surface area (Å²) in [5, 5.41) is 1.51. The molecule has 2 fully saturated rings. The summed E-state index contributed by atoms with van der Waals surface area (Å²) >= 11 is 6.41. The Morgan fingerprint density at radius 2 is 1.86 bits per heavy atom. The standard InChI is InChI=1S/C30H39ClN4O2/c1-18(2)27-23-15-22(21-9-12-35(13-10-21)26(36)14-20-8-11-33(4)16-20)6-7-25(23)32-29(27)24-17-34(5)30(37)28(31)19(24)3/h6-7,15,17-18,20-21,32H,8-14,16H2,1-5H3/t20-/m1/s1. The summed E-state index contributed by atoms with van der Waals surface area (Å²) in [5.74, 6) is 1.60. The van der Waals surface area contributed by atoms with Crippen molar-refractivity contribution in [2.45, 2.75) is 58.3 Å². The molecule has 0 saturated carbocycles. The summed E-state index contributed by atoms with van der Waals surface area (Å²) in [7, 11) is 3.89. The molecule has 6 nitrogen and oxygen atoms in total. The highest BCUT2D eigenvalue weighted by Crippen LogP contribution is 2.39. The van der Waals surface area contributed by atoms with Crippen LogP contribution in [-0.4, -0.2) is 58.5 Å². The molecule has 1 amide bonds. The Morgan fingerprint density at radius 3 is 2.51 bits per heavy atom. The van der Waals surface area contributed by atoms with Gasteiger partial charge in [-0.1, -0.05) is 31.5 Å². The lowest BCUT2D eigenvalue weighted by Crippen LogP contribution is -2.38. The largest absolute Gasteiger partial charge is 0.354 e. The third-order valence-corrected chi connectivity index (χ3v) is 8.99. The molecule has 0 spiro atoms. The number of aromatic amines is 1. The Balaban J connectivity index is 1.38. The first-order chi connectivity index (χ1) is 17.6. The number of hydrogen-bond acceptors (Lipinski definition) is 3. The van der Waals surface area contributed by atoms with E-state index in [0.717, 1.165) is 67.8 Å². The average molecular weight is 523 g/mol. The second-order valence-corrected chi connectivity index (χ2v) is 11.9. The molecular weight excluding hydrogens is 484 g/mol. The minimum atomic E-state index is -0.173. The second kappa shape index (κ2) is 10.3. The van der Waals surface area contributed by atoms with Gasteiger partial charge in [-0.15, -0.1) is 0 Å². The molecule has 0 bridgehead atoms. The number of benzene rings is 1. The predicted molar refractivity (Wildman–Crippen MR) is 152 cm³/mol. The third kappa shape index (κ3) is 4.98. The van der Waals surface area contributed by atoms with Crippen LogP contribution in [0.5, 0.6) is 0 Å². The van der Waals surface area contributed by atoms with Gasteiger partial charge in [0.15, 0.2) is 0 Å². The number of H-pyrrole nitrogens is 1. The van der Waals surface area contributed by atoms with Crippen molar-refractivity contribution in [2.24, 2.45) is 13.0 Å². The van der Waals surface area contributed by atoms with Gasteiger partial charge in [0.05, 0.1) is 5.69 Å². The van der Waals surface area contributed by atoms with Crippen LogP contribution in [0.3, 0.4) is 0 Å². The zero-order valence-electron chi connectivity index (χ0n) is 22.7. The van der Waals surface area contributed by atoms with Crippen molar-refractivity contribution in [1.82, 2.24) is 19.4 Å². The van der Waals surface area contributed by atoms with Crippen LogP contribution in [0.25, 0.3) is 22.2 Å². The van der Waals surface area contributed by atoms with Gasteiger partial charge >= 0.3 is 0 Å². The van der Waals surface area contributed by atoms with Crippen LogP contribution in [0.4, 0.5) is 0 Å². The van der Waals surface area contributed by atoms with Gasteiger partial charge in [-0.05, 0) is 86.4 Å². The van der Waals surface area contributed by atoms with E-state index in [1.807, 2.05) is 13.1 Å². The van der Waals surface area contributed by atoms with Crippen molar-refractivity contribution in [3.05, 3.63) is 56.5 Å². The molecule has 198 valence electrons. The molecule has 0 unspecified atom stereocenters.